The van der Waals surface area contributed by atoms with Crippen molar-refractivity contribution >= 4 is 5.97 Å². The summed E-state index contributed by atoms with van der Waals surface area (Å²) >= 11 is 0. The van der Waals surface area contributed by atoms with Crippen LogP contribution in [-0.2, 0) is 0 Å². The Morgan fingerprint density at radius 3 is 2.80 bits per heavy atom. The maximum atomic E-state index is 10.6. The fourth-order valence-electron chi connectivity index (χ4n) is 0.828. The number of hydrogen-bond acceptors (Lipinski definition) is 4. The van der Waals surface area contributed by atoms with Crippen LogP contribution in [0.2, 0.25) is 0 Å². The maximum Gasteiger partial charge on any atom is 0.354 e. The Morgan fingerprint density at radius 1 is 1.60 bits per heavy atom. The minimum absolute atomic E-state index is 0.0631. The summed E-state index contributed by atoms with van der Waals surface area (Å²) in [4.78, 5) is 18.3. The van der Waals surface area contributed by atoms with Crippen molar-refractivity contribution in [2.45, 2.75) is 32.8 Å². The predicted molar refractivity (Wildman–Crippen MR) is 54.0 cm³/mol. The van der Waals surface area contributed by atoms with E-state index in [4.69, 9.17) is 9.84 Å². The van der Waals surface area contributed by atoms with Gasteiger partial charge in [0.05, 0.1) is 0 Å². The molecule has 0 saturated carbocycles. The Balaban J connectivity index is 2.87. The molecular weight excluding hydrogens is 196 g/mol. The number of carboxylic acid groups (broad SMARTS) is 1. The zero-order valence-corrected chi connectivity index (χ0v) is 9.02. The van der Waals surface area contributed by atoms with Crippen molar-refractivity contribution in [1.29, 1.82) is 0 Å². The first-order valence-electron chi connectivity index (χ1n) is 4.70. The lowest BCUT2D eigenvalue weighted by atomic mass is 10.1. The lowest BCUT2D eigenvalue weighted by Crippen LogP contribution is -2.28. The van der Waals surface area contributed by atoms with Gasteiger partial charge in [0.15, 0.2) is 5.69 Å². The first-order valence-corrected chi connectivity index (χ1v) is 4.70. The lowest BCUT2D eigenvalue weighted by Gasteiger charge is -2.22. The molecule has 0 unspecified atom stereocenters. The highest BCUT2D eigenvalue weighted by atomic mass is 16.5. The molecule has 0 aliphatic rings. The second-order valence-corrected chi connectivity index (χ2v) is 3.74. The van der Waals surface area contributed by atoms with Gasteiger partial charge in [-0.1, -0.05) is 6.92 Å². The predicted octanol–water partition coefficient (Wildman–Crippen LogP) is 1.74. The van der Waals surface area contributed by atoms with Crippen LogP contribution in [0.15, 0.2) is 12.3 Å². The molecule has 1 aromatic rings. The van der Waals surface area contributed by atoms with E-state index in [2.05, 4.69) is 9.97 Å². The van der Waals surface area contributed by atoms with E-state index in [0.29, 0.717) is 0 Å². The summed E-state index contributed by atoms with van der Waals surface area (Å²) in [5, 5.41) is 8.72. The minimum atomic E-state index is -1.09. The van der Waals surface area contributed by atoms with E-state index in [-0.39, 0.29) is 11.7 Å². The number of ether oxygens (including phenoxy) is 1. The highest BCUT2D eigenvalue weighted by molar-refractivity contribution is 5.85. The number of aromatic carboxylic acids is 1. The molecule has 0 radical (unpaired) electrons. The molecule has 0 bridgehead atoms. The van der Waals surface area contributed by atoms with Crippen molar-refractivity contribution in [2.24, 2.45) is 0 Å². The normalized spacial score (nSPS) is 11.1. The van der Waals surface area contributed by atoms with Gasteiger partial charge in [-0.3, -0.25) is 0 Å². The second kappa shape index (κ2) is 4.25. The molecule has 0 spiro atoms. The molecular formula is C10H14N2O3. The van der Waals surface area contributed by atoms with E-state index in [9.17, 15) is 4.79 Å². The van der Waals surface area contributed by atoms with Gasteiger partial charge in [-0.15, -0.1) is 0 Å². The van der Waals surface area contributed by atoms with E-state index in [0.717, 1.165) is 6.42 Å². The average molecular weight is 210 g/mol. The van der Waals surface area contributed by atoms with Gasteiger partial charge in [0.25, 0.3) is 0 Å². The van der Waals surface area contributed by atoms with Crippen LogP contribution in [0.4, 0.5) is 0 Å². The standard InChI is InChI=1S/C10H14N2O3/c1-4-10(2,3)15-9-11-6-5-7(12-9)8(13)14/h5-6H,4H2,1-3H3,(H,13,14). The van der Waals surface area contributed by atoms with Gasteiger partial charge in [0, 0.05) is 6.20 Å². The fourth-order valence-corrected chi connectivity index (χ4v) is 0.828. The lowest BCUT2D eigenvalue weighted by molar-refractivity contribution is 0.0676. The summed E-state index contributed by atoms with van der Waals surface area (Å²) in [5.41, 5.74) is -0.455. The molecule has 0 aliphatic carbocycles. The Bertz CT molecular complexity index is 363. The zero-order chi connectivity index (χ0) is 11.5. The minimum Gasteiger partial charge on any atom is -0.477 e. The molecule has 0 amide bonds. The Hall–Kier alpha value is -1.65. The van der Waals surface area contributed by atoms with Crippen molar-refractivity contribution in [2.75, 3.05) is 0 Å². The Labute approximate surface area is 88.1 Å². The van der Waals surface area contributed by atoms with Crippen LogP contribution in [0.3, 0.4) is 0 Å². The summed E-state index contributed by atoms with van der Waals surface area (Å²) < 4.78 is 5.46. The monoisotopic (exact) mass is 210 g/mol. The highest BCUT2D eigenvalue weighted by Gasteiger charge is 2.19. The molecule has 1 N–H and O–H groups in total. The maximum absolute atomic E-state index is 10.6. The van der Waals surface area contributed by atoms with Crippen LogP contribution in [0, 0.1) is 0 Å². The number of rotatable bonds is 4. The third-order valence-electron chi connectivity index (χ3n) is 2.07. The van der Waals surface area contributed by atoms with Crippen molar-refractivity contribution in [3.63, 3.8) is 0 Å². The number of hydrogen-bond donors (Lipinski definition) is 1. The van der Waals surface area contributed by atoms with Crippen LogP contribution >= 0.6 is 0 Å². The topological polar surface area (TPSA) is 72.3 Å². The van der Waals surface area contributed by atoms with Gasteiger partial charge in [0.2, 0.25) is 0 Å². The van der Waals surface area contributed by atoms with Gasteiger partial charge in [-0.25, -0.2) is 9.78 Å². The van der Waals surface area contributed by atoms with Crippen molar-refractivity contribution in [3.8, 4) is 6.01 Å². The van der Waals surface area contributed by atoms with Crippen LogP contribution < -0.4 is 4.74 Å². The van der Waals surface area contributed by atoms with Crippen molar-refractivity contribution in [3.05, 3.63) is 18.0 Å². The smallest absolute Gasteiger partial charge is 0.354 e. The third kappa shape index (κ3) is 3.19. The third-order valence-corrected chi connectivity index (χ3v) is 2.07. The van der Waals surface area contributed by atoms with Gasteiger partial charge in [-0.2, -0.15) is 4.98 Å². The molecule has 0 fully saturated rings. The largest absolute Gasteiger partial charge is 0.477 e. The van der Waals surface area contributed by atoms with Gasteiger partial charge < -0.3 is 9.84 Å². The molecule has 0 aromatic carbocycles. The molecule has 0 atom stereocenters. The van der Waals surface area contributed by atoms with Gasteiger partial charge >= 0.3 is 12.0 Å². The van der Waals surface area contributed by atoms with E-state index in [1.54, 1.807) is 0 Å². The van der Waals surface area contributed by atoms with Gasteiger partial charge in [-0.05, 0) is 26.3 Å². The molecule has 15 heavy (non-hydrogen) atoms. The zero-order valence-electron chi connectivity index (χ0n) is 9.02. The number of aromatic nitrogens is 2. The van der Waals surface area contributed by atoms with Crippen LogP contribution in [-0.4, -0.2) is 26.6 Å². The van der Waals surface area contributed by atoms with E-state index >= 15 is 0 Å². The molecule has 5 nitrogen and oxygen atoms in total. The van der Waals surface area contributed by atoms with Crippen LogP contribution in [0.25, 0.3) is 0 Å². The summed E-state index contributed by atoms with van der Waals surface area (Å²) in [5.74, 6) is -1.09. The quantitative estimate of drug-likeness (QED) is 0.819. The second-order valence-electron chi connectivity index (χ2n) is 3.74. The Kier molecular flexibility index (Phi) is 3.24. The van der Waals surface area contributed by atoms with Crippen LogP contribution in [0.5, 0.6) is 6.01 Å². The first kappa shape index (κ1) is 11.4. The SMILES string of the molecule is CCC(C)(C)Oc1nccc(C(=O)O)n1. The number of nitrogens with zero attached hydrogens (tertiary/aromatic N) is 2. The first-order chi connectivity index (χ1) is 6.94. The molecule has 0 saturated heterocycles. The fraction of sp³-hybridized carbons (Fsp3) is 0.500. The van der Waals surface area contributed by atoms with E-state index in [1.165, 1.54) is 12.3 Å². The molecule has 1 heterocycles. The summed E-state index contributed by atoms with van der Waals surface area (Å²) in [7, 11) is 0. The average Bonchev–Trinajstić information content (AvgIpc) is 2.17. The highest BCUT2D eigenvalue weighted by Crippen LogP contribution is 2.16. The summed E-state index contributed by atoms with van der Waals surface area (Å²) in [6.45, 7) is 5.76. The molecule has 5 heteroatoms. The van der Waals surface area contributed by atoms with E-state index in [1.807, 2.05) is 20.8 Å². The number of carbonyl (C=O) groups is 1. The molecule has 1 rings (SSSR count). The van der Waals surface area contributed by atoms with E-state index < -0.39 is 11.6 Å². The molecule has 1 aromatic heterocycles. The number of carboxylic acids is 1. The molecule has 0 aliphatic heterocycles. The van der Waals surface area contributed by atoms with Crippen molar-refractivity contribution in [1.82, 2.24) is 9.97 Å². The molecule has 82 valence electrons. The van der Waals surface area contributed by atoms with Crippen molar-refractivity contribution < 1.29 is 14.6 Å². The van der Waals surface area contributed by atoms with Gasteiger partial charge in [0.1, 0.15) is 5.60 Å². The summed E-state index contributed by atoms with van der Waals surface area (Å²) in [6, 6.07) is 1.43. The Morgan fingerprint density at radius 2 is 2.27 bits per heavy atom. The van der Waals surface area contributed by atoms with Crippen LogP contribution in [0.1, 0.15) is 37.7 Å². The summed E-state index contributed by atoms with van der Waals surface area (Å²) in [6.07, 6.45) is 2.16.